The Labute approximate surface area is 115 Å². The number of hydrogen-bond donors (Lipinski definition) is 2. The molecule has 0 saturated heterocycles. The summed E-state index contributed by atoms with van der Waals surface area (Å²) in [5.41, 5.74) is 6.15. The smallest absolute Gasteiger partial charge is 0.271 e. The molecule has 0 aliphatic rings. The molecule has 0 saturated carbocycles. The number of nitrogens with zero attached hydrogens (tertiary/aromatic N) is 3. The Morgan fingerprint density at radius 1 is 1.58 bits per heavy atom. The van der Waals surface area contributed by atoms with Crippen LogP contribution < -0.4 is 11.1 Å². The lowest BCUT2D eigenvalue weighted by Gasteiger charge is -2.13. The lowest BCUT2D eigenvalue weighted by Crippen LogP contribution is -2.35. The van der Waals surface area contributed by atoms with Crippen molar-refractivity contribution in [3.05, 3.63) is 34.8 Å². The van der Waals surface area contributed by atoms with E-state index in [0.717, 1.165) is 5.01 Å². The Bertz CT molecular complexity index is 534. The molecule has 6 nitrogen and oxygen atoms in total. The molecule has 7 heteroatoms. The minimum Gasteiger partial charge on any atom is -0.346 e. The quantitative estimate of drug-likeness (QED) is 0.860. The molecule has 2 atom stereocenters. The van der Waals surface area contributed by atoms with E-state index in [0.29, 0.717) is 12.2 Å². The zero-order chi connectivity index (χ0) is 13.8. The molecule has 2 aromatic heterocycles. The summed E-state index contributed by atoms with van der Waals surface area (Å²) in [6.45, 7) is 4.47. The summed E-state index contributed by atoms with van der Waals surface area (Å²) < 4.78 is 1.92. The molecule has 0 aliphatic carbocycles. The molecule has 3 N–H and O–H groups in total. The molecular formula is C12H17N5OS. The Kier molecular flexibility index (Phi) is 4.28. The summed E-state index contributed by atoms with van der Waals surface area (Å²) in [4.78, 5) is 20.2. The Morgan fingerprint density at radius 3 is 2.95 bits per heavy atom. The normalized spacial score (nSPS) is 14.1. The number of rotatable bonds is 5. The Balaban J connectivity index is 1.92. The van der Waals surface area contributed by atoms with Crippen molar-refractivity contribution in [3.8, 4) is 0 Å². The highest BCUT2D eigenvalue weighted by atomic mass is 32.1. The average molecular weight is 279 g/mol. The second-order valence-corrected chi connectivity index (χ2v) is 5.38. The van der Waals surface area contributed by atoms with Crippen LogP contribution in [0.15, 0.2) is 24.1 Å². The molecule has 0 spiro atoms. The van der Waals surface area contributed by atoms with Crippen molar-refractivity contribution in [2.45, 2.75) is 32.5 Å². The molecular weight excluding hydrogens is 262 g/mol. The van der Waals surface area contributed by atoms with Gasteiger partial charge in [0, 0.05) is 30.4 Å². The minimum atomic E-state index is -0.171. The Morgan fingerprint density at radius 2 is 2.37 bits per heavy atom. The van der Waals surface area contributed by atoms with Crippen LogP contribution in [0.25, 0.3) is 0 Å². The average Bonchev–Trinajstić information content (AvgIpc) is 2.98. The molecule has 2 heterocycles. The summed E-state index contributed by atoms with van der Waals surface area (Å²) in [6, 6.07) is -0.142. The van der Waals surface area contributed by atoms with Gasteiger partial charge in [0.05, 0.1) is 12.4 Å². The van der Waals surface area contributed by atoms with Crippen LogP contribution in [-0.2, 0) is 6.54 Å². The fourth-order valence-electron chi connectivity index (χ4n) is 1.66. The third-order valence-corrected chi connectivity index (χ3v) is 3.61. The number of thiazole rings is 1. The first-order valence-electron chi connectivity index (χ1n) is 6.04. The monoisotopic (exact) mass is 279 g/mol. The van der Waals surface area contributed by atoms with Crippen molar-refractivity contribution in [2.24, 2.45) is 5.73 Å². The molecule has 19 heavy (non-hydrogen) atoms. The lowest BCUT2D eigenvalue weighted by molar-refractivity contribution is 0.0932. The summed E-state index contributed by atoms with van der Waals surface area (Å²) in [7, 11) is 0. The van der Waals surface area contributed by atoms with Crippen LogP contribution in [-0.4, -0.2) is 26.5 Å². The van der Waals surface area contributed by atoms with Crippen LogP contribution in [0.2, 0.25) is 0 Å². The van der Waals surface area contributed by atoms with Gasteiger partial charge in [-0.25, -0.2) is 9.97 Å². The van der Waals surface area contributed by atoms with E-state index in [4.69, 9.17) is 5.73 Å². The summed E-state index contributed by atoms with van der Waals surface area (Å²) in [5, 5.41) is 5.41. The van der Waals surface area contributed by atoms with E-state index in [1.165, 1.54) is 11.3 Å². The zero-order valence-electron chi connectivity index (χ0n) is 10.9. The van der Waals surface area contributed by atoms with E-state index in [1.807, 2.05) is 24.6 Å². The molecule has 0 aliphatic heterocycles. The van der Waals surface area contributed by atoms with Crippen LogP contribution in [0.5, 0.6) is 0 Å². The van der Waals surface area contributed by atoms with Crippen molar-refractivity contribution >= 4 is 17.2 Å². The summed E-state index contributed by atoms with van der Waals surface area (Å²) in [5.74, 6) is -0.171. The zero-order valence-corrected chi connectivity index (χ0v) is 11.7. The molecule has 2 rings (SSSR count). The number of imidazole rings is 1. The van der Waals surface area contributed by atoms with Crippen LogP contribution in [0.3, 0.4) is 0 Å². The molecule has 2 aromatic rings. The van der Waals surface area contributed by atoms with E-state index in [1.54, 1.807) is 17.9 Å². The number of carbonyl (C=O) groups is 1. The van der Waals surface area contributed by atoms with Crippen molar-refractivity contribution in [2.75, 3.05) is 0 Å². The molecule has 1 amide bonds. The van der Waals surface area contributed by atoms with Gasteiger partial charge in [0.1, 0.15) is 10.7 Å². The fraction of sp³-hybridized carbons (Fsp3) is 0.417. The van der Waals surface area contributed by atoms with E-state index in [9.17, 15) is 4.79 Å². The molecule has 102 valence electrons. The first-order chi connectivity index (χ1) is 9.06. The number of aromatic nitrogens is 3. The number of hydrogen-bond acceptors (Lipinski definition) is 5. The van der Waals surface area contributed by atoms with Gasteiger partial charge in [-0.05, 0) is 13.8 Å². The van der Waals surface area contributed by atoms with Gasteiger partial charge in [-0.15, -0.1) is 11.3 Å². The van der Waals surface area contributed by atoms with Crippen molar-refractivity contribution < 1.29 is 4.79 Å². The maximum absolute atomic E-state index is 12.0. The van der Waals surface area contributed by atoms with E-state index in [-0.39, 0.29) is 18.0 Å². The maximum atomic E-state index is 12.0. The fourth-order valence-corrected chi connectivity index (χ4v) is 2.41. The molecule has 0 fully saturated rings. The number of nitrogens with one attached hydrogen (secondary N) is 1. The third-order valence-electron chi connectivity index (χ3n) is 2.57. The summed E-state index contributed by atoms with van der Waals surface area (Å²) >= 11 is 1.41. The highest BCUT2D eigenvalue weighted by molar-refractivity contribution is 7.09. The topological polar surface area (TPSA) is 85.8 Å². The van der Waals surface area contributed by atoms with E-state index < -0.39 is 0 Å². The molecule has 0 bridgehead atoms. The van der Waals surface area contributed by atoms with Gasteiger partial charge in [-0.2, -0.15) is 0 Å². The minimum absolute atomic E-state index is 0.00199. The van der Waals surface area contributed by atoms with Crippen molar-refractivity contribution in [1.29, 1.82) is 0 Å². The van der Waals surface area contributed by atoms with Crippen molar-refractivity contribution in [3.63, 3.8) is 0 Å². The van der Waals surface area contributed by atoms with E-state index in [2.05, 4.69) is 15.3 Å². The highest BCUT2D eigenvalue weighted by Crippen LogP contribution is 2.15. The SMILES string of the molecule is CC(Cn1ccnc1)NC(=O)c1csc(C(C)N)n1. The van der Waals surface area contributed by atoms with Crippen LogP contribution >= 0.6 is 11.3 Å². The van der Waals surface area contributed by atoms with Gasteiger partial charge in [-0.1, -0.05) is 0 Å². The first-order valence-corrected chi connectivity index (χ1v) is 6.92. The van der Waals surface area contributed by atoms with Gasteiger partial charge >= 0.3 is 0 Å². The maximum Gasteiger partial charge on any atom is 0.271 e. The molecule has 0 radical (unpaired) electrons. The molecule has 0 aromatic carbocycles. The van der Waals surface area contributed by atoms with Gasteiger partial charge < -0.3 is 15.6 Å². The summed E-state index contributed by atoms with van der Waals surface area (Å²) in [6.07, 6.45) is 5.29. The predicted octanol–water partition coefficient (Wildman–Crippen LogP) is 1.18. The highest BCUT2D eigenvalue weighted by Gasteiger charge is 2.14. The van der Waals surface area contributed by atoms with Crippen molar-refractivity contribution in [1.82, 2.24) is 19.9 Å². The van der Waals surface area contributed by atoms with E-state index >= 15 is 0 Å². The Hall–Kier alpha value is -1.73. The van der Waals surface area contributed by atoms with Crippen LogP contribution in [0.1, 0.15) is 35.4 Å². The standard InChI is InChI=1S/C12H17N5OS/c1-8(5-17-4-3-14-7-17)15-11(18)10-6-19-12(16-10)9(2)13/h3-4,6-9H,5,13H2,1-2H3,(H,15,18). The van der Waals surface area contributed by atoms with Gasteiger partial charge in [0.2, 0.25) is 0 Å². The van der Waals surface area contributed by atoms with Gasteiger partial charge in [0.15, 0.2) is 0 Å². The molecule has 2 unspecified atom stereocenters. The lowest BCUT2D eigenvalue weighted by atomic mass is 10.3. The first kappa shape index (κ1) is 13.7. The van der Waals surface area contributed by atoms with Crippen LogP contribution in [0, 0.1) is 0 Å². The predicted molar refractivity (Wildman–Crippen MR) is 73.9 cm³/mol. The van der Waals surface area contributed by atoms with Gasteiger partial charge in [-0.3, -0.25) is 4.79 Å². The largest absolute Gasteiger partial charge is 0.346 e. The number of amides is 1. The number of nitrogens with two attached hydrogens (primary N) is 1. The second kappa shape index (κ2) is 5.94. The third kappa shape index (κ3) is 3.62. The second-order valence-electron chi connectivity index (χ2n) is 4.49. The number of carbonyl (C=O) groups excluding carboxylic acids is 1. The van der Waals surface area contributed by atoms with Gasteiger partial charge in [0.25, 0.3) is 5.91 Å². The van der Waals surface area contributed by atoms with Crippen LogP contribution in [0.4, 0.5) is 0 Å².